The number of rotatable bonds is 10. The molecule has 4 rings (SSSR count). The van der Waals surface area contributed by atoms with Gasteiger partial charge in [-0.2, -0.15) is 0 Å². The molecule has 0 bridgehead atoms. The summed E-state index contributed by atoms with van der Waals surface area (Å²) in [5.41, 5.74) is 4.99. The summed E-state index contributed by atoms with van der Waals surface area (Å²) in [5.74, 6) is 0.238. The van der Waals surface area contributed by atoms with Crippen molar-refractivity contribution in [3.05, 3.63) is 41.5 Å². The van der Waals surface area contributed by atoms with Crippen LogP contribution in [0.25, 0.3) is 11.1 Å². The maximum atomic E-state index is 13.1. The number of carbonyl (C=O) groups excluding carboxylic acids is 1. The van der Waals surface area contributed by atoms with Crippen molar-refractivity contribution in [2.75, 3.05) is 19.0 Å². The molecule has 1 amide bonds. The second kappa shape index (κ2) is 11.1. The van der Waals surface area contributed by atoms with Crippen LogP contribution in [0.1, 0.15) is 63.0 Å². The molecule has 2 saturated carbocycles. The Morgan fingerprint density at radius 2 is 1.74 bits per heavy atom. The van der Waals surface area contributed by atoms with Gasteiger partial charge in [-0.05, 0) is 86.4 Å². The van der Waals surface area contributed by atoms with Crippen molar-refractivity contribution >= 4 is 17.6 Å². The van der Waals surface area contributed by atoms with Crippen LogP contribution in [-0.2, 0) is 16.0 Å². The van der Waals surface area contributed by atoms with E-state index in [-0.39, 0.29) is 5.91 Å². The summed E-state index contributed by atoms with van der Waals surface area (Å²) in [6.07, 6.45) is 7.57. The van der Waals surface area contributed by atoms with Crippen LogP contribution >= 0.6 is 0 Å². The average molecular weight is 480 g/mol. The molecule has 188 valence electrons. The van der Waals surface area contributed by atoms with Crippen LogP contribution in [0.5, 0.6) is 11.5 Å². The van der Waals surface area contributed by atoms with Gasteiger partial charge >= 0.3 is 5.97 Å². The first kappa shape index (κ1) is 25.1. The fourth-order valence-corrected chi connectivity index (χ4v) is 5.24. The molecule has 0 aromatic heterocycles. The molecule has 2 fully saturated rings. The Kier molecular flexibility index (Phi) is 7.99. The summed E-state index contributed by atoms with van der Waals surface area (Å²) in [6.45, 7) is 4.54. The largest absolute Gasteiger partial charge is 0.496 e. The van der Waals surface area contributed by atoms with Gasteiger partial charge in [-0.1, -0.05) is 31.7 Å². The minimum absolute atomic E-state index is 0.186. The maximum Gasteiger partial charge on any atom is 0.307 e. The van der Waals surface area contributed by atoms with Gasteiger partial charge in [0.1, 0.15) is 11.5 Å². The zero-order valence-electron chi connectivity index (χ0n) is 21.1. The number of amides is 1. The minimum Gasteiger partial charge on any atom is -0.496 e. The summed E-state index contributed by atoms with van der Waals surface area (Å²) < 4.78 is 11.5. The van der Waals surface area contributed by atoms with Crippen LogP contribution in [0.15, 0.2) is 30.3 Å². The summed E-state index contributed by atoms with van der Waals surface area (Å²) >= 11 is 0. The number of hydrogen-bond acceptors (Lipinski definition) is 4. The second-order valence-electron chi connectivity index (χ2n) is 9.91. The lowest BCUT2D eigenvalue weighted by molar-refractivity contribution is -0.147. The first-order valence-electron chi connectivity index (χ1n) is 12.9. The highest BCUT2D eigenvalue weighted by atomic mass is 16.5. The quantitative estimate of drug-likeness (QED) is 0.421. The third kappa shape index (κ3) is 5.98. The van der Waals surface area contributed by atoms with Crippen LogP contribution in [-0.4, -0.2) is 30.7 Å². The number of aliphatic carboxylic acids is 1. The maximum absolute atomic E-state index is 13.1. The molecule has 6 heteroatoms. The molecule has 0 heterocycles. The fourth-order valence-electron chi connectivity index (χ4n) is 5.24. The molecule has 0 radical (unpaired) electrons. The van der Waals surface area contributed by atoms with E-state index in [4.69, 9.17) is 9.47 Å². The number of anilines is 1. The Morgan fingerprint density at radius 3 is 2.40 bits per heavy atom. The van der Waals surface area contributed by atoms with Crippen LogP contribution < -0.4 is 14.8 Å². The number of methoxy groups -OCH3 is 1. The van der Waals surface area contributed by atoms with Gasteiger partial charge in [0, 0.05) is 11.3 Å². The lowest BCUT2D eigenvalue weighted by atomic mass is 9.78. The molecule has 6 nitrogen and oxygen atoms in total. The van der Waals surface area contributed by atoms with Crippen LogP contribution in [0.4, 0.5) is 5.69 Å². The number of hydrogen-bond donors (Lipinski definition) is 2. The highest BCUT2D eigenvalue weighted by Gasteiger charge is 2.35. The van der Waals surface area contributed by atoms with Gasteiger partial charge in [-0.25, -0.2) is 0 Å². The molecule has 0 unspecified atom stereocenters. The van der Waals surface area contributed by atoms with Gasteiger partial charge in [-0.3, -0.25) is 9.59 Å². The zero-order chi connectivity index (χ0) is 24.9. The van der Waals surface area contributed by atoms with Crippen molar-refractivity contribution in [3.8, 4) is 22.6 Å². The first-order valence-corrected chi connectivity index (χ1v) is 12.9. The molecule has 2 aliphatic rings. The Balaban J connectivity index is 1.63. The number of benzene rings is 2. The van der Waals surface area contributed by atoms with E-state index in [1.165, 1.54) is 18.4 Å². The molecular formula is C29H37NO5. The van der Waals surface area contributed by atoms with E-state index in [1.54, 1.807) is 7.11 Å². The number of carbonyl (C=O) groups is 2. The van der Waals surface area contributed by atoms with Gasteiger partial charge < -0.3 is 19.9 Å². The summed E-state index contributed by atoms with van der Waals surface area (Å²) in [7, 11) is 1.67. The highest BCUT2D eigenvalue weighted by molar-refractivity contribution is 5.95. The van der Waals surface area contributed by atoms with E-state index < -0.39 is 17.8 Å². The Bertz CT molecular complexity index is 1070. The number of carboxylic acids is 1. The Hall–Kier alpha value is -3.02. The summed E-state index contributed by atoms with van der Waals surface area (Å²) in [6, 6.07) is 10.1. The van der Waals surface area contributed by atoms with Gasteiger partial charge in [0.15, 0.2) is 0 Å². The van der Waals surface area contributed by atoms with Gasteiger partial charge in [0.25, 0.3) is 0 Å². The van der Waals surface area contributed by atoms with E-state index in [1.807, 2.05) is 32.0 Å². The van der Waals surface area contributed by atoms with Crippen molar-refractivity contribution < 1.29 is 24.2 Å². The van der Waals surface area contributed by atoms with E-state index in [2.05, 4.69) is 17.4 Å². The molecule has 0 spiro atoms. The molecule has 0 aliphatic heterocycles. The van der Waals surface area contributed by atoms with E-state index >= 15 is 0 Å². The van der Waals surface area contributed by atoms with E-state index in [0.717, 1.165) is 65.5 Å². The van der Waals surface area contributed by atoms with Crippen molar-refractivity contribution in [1.29, 1.82) is 0 Å². The summed E-state index contributed by atoms with van der Waals surface area (Å²) in [5, 5.41) is 12.6. The molecular weight excluding hydrogens is 442 g/mol. The van der Waals surface area contributed by atoms with Crippen molar-refractivity contribution in [2.45, 2.75) is 65.2 Å². The Morgan fingerprint density at radius 1 is 1.03 bits per heavy atom. The standard InChI is InChI=1S/C29H37NO5/c1-4-35-27-17-21(16-26(34-3)18(27)2)23-14-13-22(15-20(23)12-11-19-9-10-19)30-28(31)24-7-5-6-8-25(24)29(32)33/h13-17,19,24-25H,4-12H2,1-3H3,(H,30,31)(H,32,33)/t24-,25+/m0/s1. The zero-order valence-corrected chi connectivity index (χ0v) is 21.1. The van der Waals surface area contributed by atoms with E-state index in [9.17, 15) is 14.7 Å². The van der Waals surface area contributed by atoms with Crippen LogP contribution in [0, 0.1) is 24.7 Å². The molecule has 2 aromatic rings. The van der Waals surface area contributed by atoms with Crippen molar-refractivity contribution in [2.24, 2.45) is 17.8 Å². The SMILES string of the molecule is CCOc1cc(-c2ccc(NC(=O)[C@H]3CCCC[C@H]3C(=O)O)cc2CCC2CC2)cc(OC)c1C. The number of nitrogens with one attached hydrogen (secondary N) is 1. The lowest BCUT2D eigenvalue weighted by Crippen LogP contribution is -2.36. The normalized spacial score (nSPS) is 19.7. The molecule has 0 saturated heterocycles. The minimum atomic E-state index is -0.872. The predicted octanol–water partition coefficient (Wildman–Crippen LogP) is 6.24. The van der Waals surface area contributed by atoms with Gasteiger partial charge in [-0.15, -0.1) is 0 Å². The average Bonchev–Trinajstić information content (AvgIpc) is 3.69. The summed E-state index contributed by atoms with van der Waals surface area (Å²) in [4.78, 5) is 24.7. The van der Waals surface area contributed by atoms with Crippen molar-refractivity contribution in [3.63, 3.8) is 0 Å². The van der Waals surface area contributed by atoms with Crippen LogP contribution in [0.2, 0.25) is 0 Å². The van der Waals surface area contributed by atoms with Crippen molar-refractivity contribution in [1.82, 2.24) is 0 Å². The smallest absolute Gasteiger partial charge is 0.307 e. The molecule has 2 atom stereocenters. The fraction of sp³-hybridized carbons (Fsp3) is 0.517. The monoisotopic (exact) mass is 479 g/mol. The number of ether oxygens (including phenoxy) is 2. The highest BCUT2D eigenvalue weighted by Crippen LogP contribution is 2.39. The first-order chi connectivity index (χ1) is 16.9. The third-order valence-electron chi connectivity index (χ3n) is 7.45. The van der Waals surface area contributed by atoms with Crippen LogP contribution in [0.3, 0.4) is 0 Å². The molecule has 2 aliphatic carbocycles. The third-order valence-corrected chi connectivity index (χ3v) is 7.45. The Labute approximate surface area is 208 Å². The number of aryl methyl sites for hydroxylation is 1. The predicted molar refractivity (Wildman–Crippen MR) is 137 cm³/mol. The lowest BCUT2D eigenvalue weighted by Gasteiger charge is -2.27. The topological polar surface area (TPSA) is 84.9 Å². The molecule has 35 heavy (non-hydrogen) atoms. The molecule has 2 N–H and O–H groups in total. The van der Waals surface area contributed by atoms with E-state index in [0.29, 0.717) is 19.4 Å². The van der Waals surface area contributed by atoms with Gasteiger partial charge in [0.2, 0.25) is 5.91 Å². The molecule has 2 aromatic carbocycles. The number of carboxylic acid groups (broad SMARTS) is 1. The second-order valence-corrected chi connectivity index (χ2v) is 9.91. The van der Waals surface area contributed by atoms with Gasteiger partial charge in [0.05, 0.1) is 25.6 Å².